The molecule has 9 heteroatoms. The van der Waals surface area contributed by atoms with Gasteiger partial charge in [-0.15, -0.1) is 0 Å². The first-order valence-electron chi connectivity index (χ1n) is 7.49. The first-order valence-corrected chi connectivity index (χ1v) is 8.95. The number of hydrogen-bond acceptors (Lipinski definition) is 6. The topological polar surface area (TPSA) is 93.0 Å². The summed E-state index contributed by atoms with van der Waals surface area (Å²) in [6.07, 6.45) is 1.27. The van der Waals surface area contributed by atoms with Crippen LogP contribution < -0.4 is 10.6 Å². The summed E-state index contributed by atoms with van der Waals surface area (Å²) >= 11 is 8.20. The highest BCUT2D eigenvalue weighted by Crippen LogP contribution is 2.34. The minimum Gasteiger partial charge on any atom is -0.334 e. The van der Waals surface area contributed by atoms with Gasteiger partial charge in [0.05, 0.1) is 4.92 Å². The van der Waals surface area contributed by atoms with Crippen LogP contribution in [0.15, 0.2) is 48.8 Å². The van der Waals surface area contributed by atoms with E-state index >= 15 is 0 Å². The zero-order chi connectivity index (χ0) is 18.7. The number of aromatic nitrogens is 2. The van der Waals surface area contributed by atoms with Crippen molar-refractivity contribution in [3.8, 4) is 0 Å². The third-order valence-corrected chi connectivity index (χ3v) is 4.52. The van der Waals surface area contributed by atoms with Gasteiger partial charge in [-0.1, -0.05) is 17.7 Å². The summed E-state index contributed by atoms with van der Waals surface area (Å²) in [6, 6.07) is 12.7. The van der Waals surface area contributed by atoms with Crippen LogP contribution in [0.5, 0.6) is 0 Å². The number of nitrogens with zero attached hydrogens (tertiary/aromatic N) is 3. The molecule has 132 valence electrons. The molecule has 0 fully saturated rings. The Kier molecular flexibility index (Phi) is 5.52. The number of benzene rings is 2. The molecule has 0 saturated heterocycles. The fourth-order valence-corrected chi connectivity index (χ4v) is 2.79. The number of nitrogens with one attached hydrogen (secondary N) is 2. The van der Waals surface area contributed by atoms with Gasteiger partial charge < -0.3 is 10.6 Å². The number of halogens is 2. The van der Waals surface area contributed by atoms with E-state index in [4.69, 9.17) is 11.6 Å². The first kappa shape index (κ1) is 18.3. The van der Waals surface area contributed by atoms with Crippen molar-refractivity contribution < 1.29 is 4.92 Å². The van der Waals surface area contributed by atoms with E-state index in [9.17, 15) is 10.1 Å². The van der Waals surface area contributed by atoms with Crippen LogP contribution in [0.25, 0.3) is 0 Å². The van der Waals surface area contributed by atoms with E-state index in [1.807, 2.05) is 37.3 Å². The zero-order valence-electron chi connectivity index (χ0n) is 13.5. The van der Waals surface area contributed by atoms with Gasteiger partial charge in [-0.2, -0.15) is 0 Å². The highest BCUT2D eigenvalue weighted by atomic mass is 127. The Morgan fingerprint density at radius 1 is 1.08 bits per heavy atom. The summed E-state index contributed by atoms with van der Waals surface area (Å²) in [5, 5.41) is 18.1. The molecular weight excluding hydrogens is 469 g/mol. The molecule has 0 aliphatic rings. The molecule has 2 aromatic carbocycles. The largest absolute Gasteiger partial charge is 0.353 e. The van der Waals surface area contributed by atoms with Crippen molar-refractivity contribution in [2.75, 3.05) is 10.6 Å². The minimum absolute atomic E-state index is 0.0865. The Balaban J connectivity index is 1.99. The van der Waals surface area contributed by atoms with Crippen molar-refractivity contribution in [1.82, 2.24) is 9.97 Å². The average Bonchev–Trinajstić information content (AvgIpc) is 2.60. The summed E-state index contributed by atoms with van der Waals surface area (Å²) in [5.74, 6) is 0.191. The molecule has 0 spiro atoms. The summed E-state index contributed by atoms with van der Waals surface area (Å²) in [4.78, 5) is 19.2. The van der Waals surface area contributed by atoms with Crippen LogP contribution in [0.2, 0.25) is 5.02 Å². The Bertz CT molecular complexity index is 966. The van der Waals surface area contributed by atoms with Crippen molar-refractivity contribution >= 4 is 62.9 Å². The Morgan fingerprint density at radius 3 is 2.38 bits per heavy atom. The van der Waals surface area contributed by atoms with Crippen molar-refractivity contribution in [2.45, 2.75) is 6.92 Å². The van der Waals surface area contributed by atoms with Gasteiger partial charge in [-0.05, 0) is 71.5 Å². The molecule has 2 N–H and O–H groups in total. The molecule has 0 amide bonds. The lowest BCUT2D eigenvalue weighted by Gasteiger charge is -2.12. The molecule has 0 unspecified atom stereocenters. The Morgan fingerprint density at radius 2 is 1.73 bits per heavy atom. The third kappa shape index (κ3) is 4.20. The maximum atomic E-state index is 11.6. The summed E-state index contributed by atoms with van der Waals surface area (Å²) in [7, 11) is 0. The second kappa shape index (κ2) is 7.83. The second-order valence-corrected chi connectivity index (χ2v) is 7.07. The molecule has 0 aliphatic heterocycles. The monoisotopic (exact) mass is 481 g/mol. The van der Waals surface area contributed by atoms with Crippen LogP contribution in [0.3, 0.4) is 0 Å². The summed E-state index contributed by atoms with van der Waals surface area (Å²) in [5.41, 5.74) is 1.97. The van der Waals surface area contributed by atoms with Crippen molar-refractivity contribution in [2.24, 2.45) is 0 Å². The predicted molar refractivity (Wildman–Crippen MR) is 111 cm³/mol. The molecule has 3 aromatic rings. The van der Waals surface area contributed by atoms with E-state index in [1.54, 1.807) is 12.1 Å². The SMILES string of the molecule is Cc1ccc(Cl)cc1Nc1ncnc(Nc2ccc(I)cc2)c1[N+](=O)[O-]. The van der Waals surface area contributed by atoms with E-state index in [0.29, 0.717) is 16.4 Å². The maximum Gasteiger partial charge on any atom is 0.353 e. The second-order valence-electron chi connectivity index (χ2n) is 5.39. The smallest absolute Gasteiger partial charge is 0.334 e. The van der Waals surface area contributed by atoms with Gasteiger partial charge in [0.25, 0.3) is 0 Å². The van der Waals surface area contributed by atoms with Crippen molar-refractivity contribution in [3.63, 3.8) is 0 Å². The molecule has 7 nitrogen and oxygen atoms in total. The molecule has 0 aliphatic carbocycles. The average molecular weight is 482 g/mol. The molecule has 0 radical (unpaired) electrons. The van der Waals surface area contributed by atoms with E-state index in [0.717, 1.165) is 9.13 Å². The van der Waals surface area contributed by atoms with Gasteiger partial charge in [0.2, 0.25) is 11.6 Å². The van der Waals surface area contributed by atoms with Crippen LogP contribution in [0, 0.1) is 20.6 Å². The zero-order valence-corrected chi connectivity index (χ0v) is 16.4. The van der Waals surface area contributed by atoms with Crippen LogP contribution in [-0.2, 0) is 0 Å². The lowest BCUT2D eigenvalue weighted by atomic mass is 10.2. The van der Waals surface area contributed by atoms with Crippen LogP contribution in [0.4, 0.5) is 28.7 Å². The van der Waals surface area contributed by atoms with E-state index < -0.39 is 4.92 Å². The number of anilines is 4. The fraction of sp³-hybridized carbons (Fsp3) is 0.0588. The molecule has 0 bridgehead atoms. The van der Waals surface area contributed by atoms with E-state index in [-0.39, 0.29) is 17.3 Å². The third-order valence-electron chi connectivity index (χ3n) is 3.56. The quantitative estimate of drug-likeness (QED) is 0.286. The van der Waals surface area contributed by atoms with Crippen LogP contribution in [-0.4, -0.2) is 14.9 Å². The minimum atomic E-state index is -0.517. The molecule has 3 rings (SSSR count). The molecule has 0 saturated carbocycles. The van der Waals surface area contributed by atoms with Crippen LogP contribution in [0.1, 0.15) is 5.56 Å². The van der Waals surface area contributed by atoms with Crippen molar-refractivity contribution in [1.29, 1.82) is 0 Å². The predicted octanol–water partition coefficient (Wildman–Crippen LogP) is 5.44. The van der Waals surface area contributed by atoms with E-state index in [1.165, 1.54) is 6.33 Å². The molecule has 1 aromatic heterocycles. The van der Waals surface area contributed by atoms with Crippen molar-refractivity contribution in [3.05, 3.63) is 73.1 Å². The number of hydrogen-bond donors (Lipinski definition) is 2. The molecule has 0 atom stereocenters. The van der Waals surface area contributed by atoms with Gasteiger partial charge in [-0.3, -0.25) is 10.1 Å². The first-order chi connectivity index (χ1) is 12.4. The van der Waals surface area contributed by atoms with Gasteiger partial charge in [-0.25, -0.2) is 9.97 Å². The summed E-state index contributed by atoms with van der Waals surface area (Å²) in [6.45, 7) is 1.87. The highest BCUT2D eigenvalue weighted by molar-refractivity contribution is 14.1. The normalized spacial score (nSPS) is 10.4. The number of rotatable bonds is 5. The lowest BCUT2D eigenvalue weighted by molar-refractivity contribution is -0.383. The van der Waals surface area contributed by atoms with Gasteiger partial charge in [0.15, 0.2) is 0 Å². The lowest BCUT2D eigenvalue weighted by Crippen LogP contribution is -2.06. The van der Waals surface area contributed by atoms with E-state index in [2.05, 4.69) is 43.2 Å². The highest BCUT2D eigenvalue weighted by Gasteiger charge is 2.23. The van der Waals surface area contributed by atoms with Gasteiger partial charge in [0.1, 0.15) is 6.33 Å². The van der Waals surface area contributed by atoms with Gasteiger partial charge >= 0.3 is 5.69 Å². The molecular formula is C17H13ClIN5O2. The number of nitro groups is 1. The maximum absolute atomic E-state index is 11.6. The summed E-state index contributed by atoms with van der Waals surface area (Å²) < 4.78 is 1.06. The Labute approximate surface area is 168 Å². The van der Waals surface area contributed by atoms with Crippen LogP contribution >= 0.6 is 34.2 Å². The molecule has 1 heterocycles. The van der Waals surface area contributed by atoms with Gasteiger partial charge in [0, 0.05) is 20.0 Å². The number of aryl methyl sites for hydroxylation is 1. The molecule has 26 heavy (non-hydrogen) atoms. The Hall–Kier alpha value is -2.46. The fourth-order valence-electron chi connectivity index (χ4n) is 2.26. The standard InChI is InChI=1S/C17H13ClIN5O2/c1-10-2-3-11(18)8-14(10)23-17-15(24(25)26)16(20-9-21-17)22-13-6-4-12(19)5-7-13/h2-9H,1H3,(H2,20,21,22,23).